The van der Waals surface area contributed by atoms with Crippen LogP contribution in [0.15, 0.2) is 63.3 Å². The highest BCUT2D eigenvalue weighted by Gasteiger charge is 2.26. The summed E-state index contributed by atoms with van der Waals surface area (Å²) in [5.74, 6) is 0.403. The van der Waals surface area contributed by atoms with Gasteiger partial charge >= 0.3 is 0 Å². The normalized spacial score (nSPS) is 15.7. The Balaban J connectivity index is 1.92. The summed E-state index contributed by atoms with van der Waals surface area (Å²) in [4.78, 5) is 20.9. The Hall–Kier alpha value is -3.48. The minimum absolute atomic E-state index is 0.00879. The molecule has 8 nitrogen and oxygen atoms in total. The molecule has 9 heteroatoms. The molecule has 0 unspecified atom stereocenters. The Labute approximate surface area is 186 Å². The highest BCUT2D eigenvalue weighted by Crippen LogP contribution is 2.24. The number of piperazine rings is 1. The van der Waals surface area contributed by atoms with Gasteiger partial charge in [-0.3, -0.25) is 9.20 Å². The summed E-state index contributed by atoms with van der Waals surface area (Å²) >= 11 is 0. The quantitative estimate of drug-likeness (QED) is 0.587. The first-order valence-corrected chi connectivity index (χ1v) is 11.8. The van der Waals surface area contributed by atoms with Crippen LogP contribution in [0.25, 0.3) is 11.7 Å². The molecule has 164 valence electrons. The molecule has 1 aliphatic heterocycles. The molecular formula is C23H24N5O3S+. The van der Waals surface area contributed by atoms with E-state index in [-0.39, 0.29) is 10.5 Å². The zero-order valence-electron chi connectivity index (χ0n) is 17.9. The summed E-state index contributed by atoms with van der Waals surface area (Å²) in [6.45, 7) is 4.93. The molecule has 0 atom stereocenters. The number of benzene rings is 1. The molecule has 1 saturated heterocycles. The maximum absolute atomic E-state index is 13.4. The molecule has 0 radical (unpaired) electrons. The van der Waals surface area contributed by atoms with Crippen molar-refractivity contribution in [2.45, 2.75) is 11.8 Å². The molecule has 3 heterocycles. The van der Waals surface area contributed by atoms with Crippen molar-refractivity contribution >= 4 is 27.4 Å². The van der Waals surface area contributed by atoms with Gasteiger partial charge in [0.15, 0.2) is 0 Å². The molecule has 1 aliphatic rings. The van der Waals surface area contributed by atoms with Crippen molar-refractivity contribution in [1.82, 2.24) is 9.38 Å². The molecule has 4 rings (SSSR count). The van der Waals surface area contributed by atoms with E-state index in [0.29, 0.717) is 24.6 Å². The van der Waals surface area contributed by atoms with Gasteiger partial charge in [0.1, 0.15) is 22.4 Å². The van der Waals surface area contributed by atoms with E-state index in [1.165, 1.54) is 27.5 Å². The Bertz CT molecular complexity index is 1390. The minimum atomic E-state index is -4.09. The van der Waals surface area contributed by atoms with Gasteiger partial charge in [-0.25, -0.2) is 13.4 Å². The second-order valence-corrected chi connectivity index (χ2v) is 9.88. The molecule has 1 N–H and O–H groups in total. The molecule has 0 saturated carbocycles. The average Bonchev–Trinajstić information content (AvgIpc) is 2.79. The highest BCUT2D eigenvalue weighted by molar-refractivity contribution is 7.95. The van der Waals surface area contributed by atoms with Crippen molar-refractivity contribution in [3.63, 3.8) is 0 Å². The summed E-state index contributed by atoms with van der Waals surface area (Å²) in [7, 11) is -1.99. The molecule has 1 aromatic carbocycles. The Morgan fingerprint density at radius 3 is 2.50 bits per heavy atom. The van der Waals surface area contributed by atoms with E-state index >= 15 is 0 Å². The lowest BCUT2D eigenvalue weighted by atomic mass is 10.2. The van der Waals surface area contributed by atoms with E-state index in [2.05, 4.69) is 12.0 Å². The van der Waals surface area contributed by atoms with Crippen molar-refractivity contribution in [3.05, 3.63) is 75.0 Å². The predicted octanol–water partition coefficient (Wildman–Crippen LogP) is 0.676. The van der Waals surface area contributed by atoms with Crippen LogP contribution in [0.3, 0.4) is 0 Å². The Morgan fingerprint density at radius 1 is 1.16 bits per heavy atom. The number of aryl methyl sites for hydroxylation is 1. The smallest absolute Gasteiger partial charge is 0.267 e. The first kappa shape index (κ1) is 21.7. The summed E-state index contributed by atoms with van der Waals surface area (Å²) in [5.41, 5.74) is 1.06. The van der Waals surface area contributed by atoms with E-state index in [0.717, 1.165) is 18.7 Å². The number of sulfone groups is 1. The molecule has 0 spiro atoms. The summed E-state index contributed by atoms with van der Waals surface area (Å²) in [6, 6.07) is 13.3. The first-order valence-electron chi connectivity index (χ1n) is 10.3. The molecule has 1 fully saturated rings. The third-order valence-electron chi connectivity index (χ3n) is 5.67. The highest BCUT2D eigenvalue weighted by atomic mass is 32.2. The van der Waals surface area contributed by atoms with Crippen molar-refractivity contribution in [3.8, 4) is 6.07 Å². The number of nitrogens with one attached hydrogen (secondary N) is 1. The maximum atomic E-state index is 13.4. The van der Waals surface area contributed by atoms with Gasteiger partial charge in [0.05, 0.1) is 43.7 Å². The molecule has 0 amide bonds. The average molecular weight is 451 g/mol. The zero-order valence-corrected chi connectivity index (χ0v) is 18.8. The van der Waals surface area contributed by atoms with E-state index in [1.54, 1.807) is 42.6 Å². The third kappa shape index (κ3) is 4.02. The SMILES string of the molecule is Cc1ccc(S(=O)(=O)/C(C#N)=C/c2c(N3CC[NH+](C)CC3)nc3ccccn3c2=O)cc1. The lowest BCUT2D eigenvalue weighted by Crippen LogP contribution is -3.12. The zero-order chi connectivity index (χ0) is 22.9. The number of fused-ring (bicyclic) bond motifs is 1. The number of hydrogen-bond acceptors (Lipinski definition) is 6. The summed E-state index contributed by atoms with van der Waals surface area (Å²) in [6.07, 6.45) is 2.75. The van der Waals surface area contributed by atoms with Crippen LogP contribution in [0.1, 0.15) is 11.1 Å². The van der Waals surface area contributed by atoms with Crippen LogP contribution in [-0.4, -0.2) is 51.0 Å². The number of rotatable bonds is 4. The second kappa shape index (κ2) is 8.57. The number of nitriles is 1. The molecule has 0 bridgehead atoms. The van der Waals surface area contributed by atoms with Crippen LogP contribution in [0.2, 0.25) is 0 Å². The van der Waals surface area contributed by atoms with Crippen LogP contribution < -0.4 is 15.4 Å². The second-order valence-electron chi connectivity index (χ2n) is 7.96. The summed E-state index contributed by atoms with van der Waals surface area (Å²) in [5, 5.41) is 9.74. The van der Waals surface area contributed by atoms with Crippen LogP contribution in [0, 0.1) is 18.3 Å². The van der Waals surface area contributed by atoms with E-state index in [9.17, 15) is 18.5 Å². The minimum Gasteiger partial charge on any atom is -0.345 e. The van der Waals surface area contributed by atoms with Crippen molar-refractivity contribution in [2.75, 3.05) is 38.1 Å². The van der Waals surface area contributed by atoms with Gasteiger partial charge in [-0.1, -0.05) is 23.8 Å². The fourth-order valence-electron chi connectivity index (χ4n) is 3.70. The van der Waals surface area contributed by atoms with Crippen molar-refractivity contribution in [2.24, 2.45) is 0 Å². The van der Waals surface area contributed by atoms with Gasteiger partial charge in [0.2, 0.25) is 9.84 Å². The number of quaternary nitrogens is 1. The molecule has 0 aliphatic carbocycles. The van der Waals surface area contributed by atoms with Crippen LogP contribution >= 0.6 is 0 Å². The standard InChI is InChI=1S/C23H23N5O3S/c1-17-6-8-18(9-7-17)32(30,31)19(16-24)15-20-22(27-13-11-26(2)12-14-27)25-21-5-3-4-10-28(21)23(20)29/h3-10,15H,11-14H2,1-2H3/p+1/b19-15+. The maximum Gasteiger partial charge on any atom is 0.267 e. The van der Waals surface area contributed by atoms with E-state index in [1.807, 2.05) is 11.8 Å². The molecule has 2 aromatic heterocycles. The van der Waals surface area contributed by atoms with Crippen LogP contribution in [-0.2, 0) is 9.84 Å². The fraction of sp³-hybridized carbons (Fsp3) is 0.261. The first-order chi connectivity index (χ1) is 15.3. The number of aromatic nitrogens is 2. The van der Waals surface area contributed by atoms with Crippen molar-refractivity contribution < 1.29 is 13.3 Å². The molecule has 3 aromatic rings. The van der Waals surface area contributed by atoms with Crippen molar-refractivity contribution in [1.29, 1.82) is 5.26 Å². The lowest BCUT2D eigenvalue weighted by Gasteiger charge is -2.31. The fourth-order valence-corrected chi connectivity index (χ4v) is 4.85. The van der Waals surface area contributed by atoms with E-state index < -0.39 is 20.3 Å². The lowest BCUT2D eigenvalue weighted by molar-refractivity contribution is -0.880. The van der Waals surface area contributed by atoms with Crippen LogP contribution in [0.4, 0.5) is 5.82 Å². The number of nitrogens with zero attached hydrogens (tertiary/aromatic N) is 4. The molecular weight excluding hydrogens is 426 g/mol. The van der Waals surface area contributed by atoms with E-state index in [4.69, 9.17) is 0 Å². The van der Waals surface area contributed by atoms with Gasteiger partial charge in [0.25, 0.3) is 5.56 Å². The molecule has 32 heavy (non-hydrogen) atoms. The number of likely N-dealkylation sites (N-methyl/N-ethyl adjacent to an activating group) is 1. The number of allylic oxidation sites excluding steroid dienone is 1. The van der Waals surface area contributed by atoms with Gasteiger partial charge in [-0.15, -0.1) is 0 Å². The number of pyridine rings is 1. The Kier molecular flexibility index (Phi) is 5.82. The van der Waals surface area contributed by atoms with Gasteiger partial charge < -0.3 is 9.80 Å². The van der Waals surface area contributed by atoms with Gasteiger partial charge in [-0.2, -0.15) is 5.26 Å². The largest absolute Gasteiger partial charge is 0.345 e. The topological polar surface area (TPSA) is 100.0 Å². The number of hydrogen-bond donors (Lipinski definition) is 1. The third-order valence-corrected chi connectivity index (χ3v) is 7.35. The summed E-state index contributed by atoms with van der Waals surface area (Å²) < 4.78 is 27.7. The van der Waals surface area contributed by atoms with Crippen LogP contribution in [0.5, 0.6) is 0 Å². The monoisotopic (exact) mass is 450 g/mol. The van der Waals surface area contributed by atoms with Gasteiger partial charge in [-0.05, 0) is 37.3 Å². The predicted molar refractivity (Wildman–Crippen MR) is 122 cm³/mol. The number of anilines is 1. The van der Waals surface area contributed by atoms with Gasteiger partial charge in [0, 0.05) is 6.20 Å². The Morgan fingerprint density at radius 2 is 1.84 bits per heavy atom.